The van der Waals surface area contributed by atoms with Gasteiger partial charge in [0.15, 0.2) is 0 Å². The highest BCUT2D eigenvalue weighted by molar-refractivity contribution is 5.92. The van der Waals surface area contributed by atoms with Crippen LogP contribution in [0, 0.1) is 0 Å². The number of piperidine rings is 1. The number of aromatic nitrogens is 2. The Kier molecular flexibility index (Phi) is 6.83. The maximum absolute atomic E-state index is 5.18. The molecule has 186 valence electrons. The summed E-state index contributed by atoms with van der Waals surface area (Å²) >= 11 is 0. The summed E-state index contributed by atoms with van der Waals surface area (Å²) in [5, 5.41) is 1.19. The Morgan fingerprint density at radius 1 is 0.829 bits per heavy atom. The van der Waals surface area contributed by atoms with Crippen molar-refractivity contribution in [1.82, 2.24) is 14.9 Å². The highest BCUT2D eigenvalue weighted by atomic mass is 15.2. The third kappa shape index (κ3) is 5.22. The molecule has 5 rings (SSSR count). The summed E-state index contributed by atoms with van der Waals surface area (Å²) in [5.74, 6) is 3.32. The molecule has 1 saturated heterocycles. The van der Waals surface area contributed by atoms with Gasteiger partial charge in [0.2, 0.25) is 0 Å². The zero-order chi connectivity index (χ0) is 24.5. The van der Waals surface area contributed by atoms with E-state index in [4.69, 9.17) is 9.97 Å². The van der Waals surface area contributed by atoms with Crippen LogP contribution in [0.4, 0.5) is 17.2 Å². The van der Waals surface area contributed by atoms with E-state index in [-0.39, 0.29) is 0 Å². The second-order valence-corrected chi connectivity index (χ2v) is 10.8. The molecular weight excluding hydrogens is 432 g/mol. The van der Waals surface area contributed by atoms with Gasteiger partial charge in [0.05, 0.1) is 5.52 Å². The standard InChI is InChI=1S/C29H40N6/c1-32(2)18-19-34(5)23-12-13-26-25(20-23)29(31-28(30-26)22-10-11-22)35-16-14-21(15-17-35)24-8-6-7-9-27(24)33(3)4/h6-9,12-13,20-22H,10-11,14-19H2,1-5H3. The molecule has 1 saturated carbocycles. The van der Waals surface area contributed by atoms with E-state index in [1.807, 2.05) is 0 Å². The van der Waals surface area contributed by atoms with E-state index >= 15 is 0 Å². The Morgan fingerprint density at radius 2 is 1.57 bits per heavy atom. The molecule has 0 unspecified atom stereocenters. The Labute approximate surface area is 210 Å². The number of anilines is 3. The van der Waals surface area contributed by atoms with Gasteiger partial charge < -0.3 is 19.6 Å². The molecule has 35 heavy (non-hydrogen) atoms. The lowest BCUT2D eigenvalue weighted by molar-refractivity contribution is 0.416. The molecule has 2 fully saturated rings. The molecule has 0 radical (unpaired) electrons. The van der Waals surface area contributed by atoms with Crippen LogP contribution in [0.15, 0.2) is 42.5 Å². The Bertz CT molecular complexity index is 1160. The van der Waals surface area contributed by atoms with E-state index in [1.54, 1.807) is 0 Å². The number of para-hydroxylation sites is 1. The first-order chi connectivity index (χ1) is 16.9. The third-order valence-corrected chi connectivity index (χ3v) is 7.60. The molecule has 0 atom stereocenters. The second-order valence-electron chi connectivity index (χ2n) is 10.8. The topological polar surface area (TPSA) is 38.7 Å². The molecule has 2 heterocycles. The van der Waals surface area contributed by atoms with Crippen molar-refractivity contribution < 1.29 is 0 Å². The van der Waals surface area contributed by atoms with Gasteiger partial charge in [-0.1, -0.05) is 18.2 Å². The summed E-state index contributed by atoms with van der Waals surface area (Å²) < 4.78 is 0. The highest BCUT2D eigenvalue weighted by Gasteiger charge is 2.30. The van der Waals surface area contributed by atoms with Gasteiger partial charge in [-0.25, -0.2) is 9.97 Å². The third-order valence-electron chi connectivity index (χ3n) is 7.60. The van der Waals surface area contributed by atoms with Crippen molar-refractivity contribution in [2.24, 2.45) is 0 Å². The van der Waals surface area contributed by atoms with E-state index < -0.39 is 0 Å². The molecule has 2 aliphatic rings. The number of likely N-dealkylation sites (N-methyl/N-ethyl adjacent to an activating group) is 2. The minimum Gasteiger partial charge on any atom is -0.377 e. The number of hydrogen-bond donors (Lipinski definition) is 0. The second kappa shape index (κ2) is 10.0. The van der Waals surface area contributed by atoms with Crippen molar-refractivity contribution in [1.29, 1.82) is 0 Å². The summed E-state index contributed by atoms with van der Waals surface area (Å²) in [6, 6.07) is 15.6. The molecule has 3 aromatic rings. The fraction of sp³-hybridized carbons (Fsp3) is 0.517. The Balaban J connectivity index is 1.42. The lowest BCUT2D eigenvalue weighted by Gasteiger charge is -2.35. The van der Waals surface area contributed by atoms with Crippen molar-refractivity contribution >= 4 is 28.1 Å². The molecule has 6 nitrogen and oxygen atoms in total. The Morgan fingerprint density at radius 3 is 2.26 bits per heavy atom. The molecule has 1 aromatic heterocycles. The van der Waals surface area contributed by atoms with Crippen LogP contribution in [0.1, 0.15) is 48.9 Å². The van der Waals surface area contributed by atoms with Crippen LogP contribution in [0.5, 0.6) is 0 Å². The number of nitrogens with zero attached hydrogens (tertiary/aromatic N) is 6. The van der Waals surface area contributed by atoms with Crippen molar-refractivity contribution in [3.8, 4) is 0 Å². The average molecular weight is 473 g/mol. The number of benzene rings is 2. The minimum atomic E-state index is 0.546. The van der Waals surface area contributed by atoms with Gasteiger partial charge in [0.1, 0.15) is 11.6 Å². The van der Waals surface area contributed by atoms with Gasteiger partial charge in [0, 0.05) is 70.0 Å². The fourth-order valence-electron chi connectivity index (χ4n) is 5.24. The van der Waals surface area contributed by atoms with E-state index in [2.05, 4.69) is 97.3 Å². The first-order valence-corrected chi connectivity index (χ1v) is 13.1. The van der Waals surface area contributed by atoms with Crippen molar-refractivity contribution in [2.75, 3.05) is 76.1 Å². The molecule has 6 heteroatoms. The highest BCUT2D eigenvalue weighted by Crippen LogP contribution is 2.41. The molecule has 0 bridgehead atoms. The maximum atomic E-state index is 5.18. The van der Waals surface area contributed by atoms with Crippen LogP contribution in [0.2, 0.25) is 0 Å². The van der Waals surface area contributed by atoms with Gasteiger partial charge in [0.25, 0.3) is 0 Å². The van der Waals surface area contributed by atoms with Gasteiger partial charge in [-0.15, -0.1) is 0 Å². The van der Waals surface area contributed by atoms with Crippen LogP contribution in [0.3, 0.4) is 0 Å². The van der Waals surface area contributed by atoms with Gasteiger partial charge in [-0.05, 0) is 75.5 Å². The van der Waals surface area contributed by atoms with E-state index in [9.17, 15) is 0 Å². The summed E-state index contributed by atoms with van der Waals surface area (Å²) in [4.78, 5) is 19.5. The number of hydrogen-bond acceptors (Lipinski definition) is 6. The van der Waals surface area contributed by atoms with Crippen molar-refractivity contribution in [3.63, 3.8) is 0 Å². The fourth-order valence-corrected chi connectivity index (χ4v) is 5.24. The molecule has 1 aliphatic heterocycles. The zero-order valence-corrected chi connectivity index (χ0v) is 22.0. The summed E-state index contributed by atoms with van der Waals surface area (Å²) in [5.41, 5.74) is 5.15. The van der Waals surface area contributed by atoms with E-state index in [1.165, 1.54) is 35.2 Å². The quantitative estimate of drug-likeness (QED) is 0.462. The number of rotatable bonds is 8. The van der Waals surface area contributed by atoms with Crippen LogP contribution in [0.25, 0.3) is 10.9 Å². The van der Waals surface area contributed by atoms with Gasteiger partial charge in [-0.2, -0.15) is 0 Å². The normalized spacial score (nSPS) is 16.8. The number of fused-ring (bicyclic) bond motifs is 1. The minimum absolute atomic E-state index is 0.546. The van der Waals surface area contributed by atoms with Crippen molar-refractivity contribution in [3.05, 3.63) is 53.9 Å². The lowest BCUT2D eigenvalue weighted by Crippen LogP contribution is -2.34. The van der Waals surface area contributed by atoms with Crippen molar-refractivity contribution in [2.45, 2.75) is 37.5 Å². The first-order valence-electron chi connectivity index (χ1n) is 13.1. The summed E-state index contributed by atoms with van der Waals surface area (Å²) in [7, 11) is 10.7. The largest absolute Gasteiger partial charge is 0.377 e. The van der Waals surface area contributed by atoms with E-state index in [0.29, 0.717) is 11.8 Å². The van der Waals surface area contributed by atoms with Crippen LogP contribution < -0.4 is 14.7 Å². The van der Waals surface area contributed by atoms with Gasteiger partial charge in [-0.3, -0.25) is 0 Å². The first kappa shape index (κ1) is 23.9. The zero-order valence-electron chi connectivity index (χ0n) is 22.0. The average Bonchev–Trinajstić information content (AvgIpc) is 3.72. The maximum Gasteiger partial charge on any atom is 0.140 e. The predicted molar refractivity (Wildman–Crippen MR) is 148 cm³/mol. The van der Waals surface area contributed by atoms with E-state index in [0.717, 1.165) is 56.2 Å². The van der Waals surface area contributed by atoms with Gasteiger partial charge >= 0.3 is 0 Å². The smallest absolute Gasteiger partial charge is 0.140 e. The molecule has 0 amide bonds. The molecule has 0 spiro atoms. The lowest BCUT2D eigenvalue weighted by atomic mass is 9.88. The molecule has 0 N–H and O–H groups in total. The van der Waals surface area contributed by atoms with Crippen LogP contribution in [-0.4, -0.2) is 76.3 Å². The molecular formula is C29H40N6. The Hall–Kier alpha value is -2.86. The SMILES string of the molecule is CN(C)CCN(C)c1ccc2nc(C3CC3)nc(N3CCC(c4ccccc4N(C)C)CC3)c2c1. The van der Waals surface area contributed by atoms with Crippen LogP contribution >= 0.6 is 0 Å². The molecule has 2 aromatic carbocycles. The summed E-state index contributed by atoms with van der Waals surface area (Å²) in [6.07, 6.45) is 4.74. The monoisotopic (exact) mass is 472 g/mol. The molecule has 1 aliphatic carbocycles. The summed E-state index contributed by atoms with van der Waals surface area (Å²) in [6.45, 7) is 4.08. The predicted octanol–water partition coefficient (Wildman–Crippen LogP) is 4.96. The van der Waals surface area contributed by atoms with Crippen LogP contribution in [-0.2, 0) is 0 Å².